The molecule has 0 saturated carbocycles. The lowest BCUT2D eigenvalue weighted by molar-refractivity contribution is 0.0424. The number of thioether (sulfide) groups is 1. The van der Waals surface area contributed by atoms with Crippen LogP contribution in [0, 0.1) is 0 Å². The molecule has 0 aliphatic carbocycles. The fourth-order valence-corrected chi connectivity index (χ4v) is 2.86. The summed E-state index contributed by atoms with van der Waals surface area (Å²) in [5, 5.41) is 4.51. The van der Waals surface area contributed by atoms with E-state index in [1.807, 2.05) is 6.26 Å². The molecular formula is C18H17N3O5S. The van der Waals surface area contributed by atoms with Gasteiger partial charge in [-0.2, -0.15) is 4.98 Å². The second kappa shape index (κ2) is 8.54. The van der Waals surface area contributed by atoms with Gasteiger partial charge in [0, 0.05) is 12.3 Å². The summed E-state index contributed by atoms with van der Waals surface area (Å²) in [5.74, 6) is 1.18. The highest BCUT2D eigenvalue weighted by Gasteiger charge is 2.17. The van der Waals surface area contributed by atoms with Crippen LogP contribution in [0.4, 0.5) is 0 Å². The zero-order valence-corrected chi connectivity index (χ0v) is 15.8. The zero-order chi connectivity index (χ0) is 19.2. The van der Waals surface area contributed by atoms with Crippen LogP contribution in [0.25, 0.3) is 11.4 Å². The average Bonchev–Trinajstić information content (AvgIpc) is 3.20. The van der Waals surface area contributed by atoms with Gasteiger partial charge in [0.2, 0.25) is 5.82 Å². The Bertz CT molecular complexity index is 944. The van der Waals surface area contributed by atoms with E-state index < -0.39 is 5.97 Å². The molecule has 0 aliphatic heterocycles. The number of aromatic nitrogens is 3. The molecule has 8 nitrogen and oxygen atoms in total. The standard InChI is InChI=1S/C18H17N3O5S/c1-23-11-6-7-12(14(9-11)24-2)16-20-15(26-21-16)10-25-18(22)13-5-4-8-19-17(13)27-3/h4-9H,10H2,1-3H3. The van der Waals surface area contributed by atoms with Gasteiger partial charge in [-0.25, -0.2) is 9.78 Å². The van der Waals surface area contributed by atoms with Gasteiger partial charge in [0.05, 0.1) is 25.3 Å². The molecule has 0 bridgehead atoms. The number of ether oxygens (including phenoxy) is 3. The van der Waals surface area contributed by atoms with Crippen LogP contribution in [0.3, 0.4) is 0 Å². The largest absolute Gasteiger partial charge is 0.497 e. The third-order valence-electron chi connectivity index (χ3n) is 3.63. The molecule has 3 rings (SSSR count). The Morgan fingerprint density at radius 3 is 2.81 bits per heavy atom. The molecule has 9 heteroatoms. The summed E-state index contributed by atoms with van der Waals surface area (Å²) in [6.07, 6.45) is 3.46. The molecule has 0 aliphatic rings. The van der Waals surface area contributed by atoms with Gasteiger partial charge >= 0.3 is 5.97 Å². The van der Waals surface area contributed by atoms with Gasteiger partial charge in [-0.05, 0) is 30.5 Å². The lowest BCUT2D eigenvalue weighted by Crippen LogP contribution is -2.07. The second-order valence-electron chi connectivity index (χ2n) is 5.21. The fourth-order valence-electron chi connectivity index (χ4n) is 2.32. The van der Waals surface area contributed by atoms with Gasteiger partial charge in [0.15, 0.2) is 6.61 Å². The second-order valence-corrected chi connectivity index (χ2v) is 6.01. The van der Waals surface area contributed by atoms with Crippen molar-refractivity contribution < 1.29 is 23.5 Å². The van der Waals surface area contributed by atoms with Crippen LogP contribution in [0.5, 0.6) is 11.5 Å². The summed E-state index contributed by atoms with van der Waals surface area (Å²) in [6, 6.07) is 8.58. The molecule has 0 fully saturated rings. The first-order valence-corrected chi connectivity index (χ1v) is 9.10. The van der Waals surface area contributed by atoms with Crippen LogP contribution in [-0.2, 0) is 11.3 Å². The zero-order valence-electron chi connectivity index (χ0n) is 15.0. The van der Waals surface area contributed by atoms with Crippen molar-refractivity contribution in [3.63, 3.8) is 0 Å². The summed E-state index contributed by atoms with van der Waals surface area (Å²) in [5.41, 5.74) is 1.03. The summed E-state index contributed by atoms with van der Waals surface area (Å²) in [4.78, 5) is 20.6. The molecule has 0 saturated heterocycles. The average molecular weight is 387 g/mol. The van der Waals surface area contributed by atoms with Crippen molar-refractivity contribution in [1.82, 2.24) is 15.1 Å². The monoisotopic (exact) mass is 387 g/mol. The lowest BCUT2D eigenvalue weighted by atomic mass is 10.2. The fraction of sp³-hybridized carbons (Fsp3) is 0.222. The first-order chi connectivity index (χ1) is 13.2. The van der Waals surface area contributed by atoms with Crippen molar-refractivity contribution in [2.24, 2.45) is 0 Å². The summed E-state index contributed by atoms with van der Waals surface area (Å²) in [7, 11) is 3.11. The quantitative estimate of drug-likeness (QED) is 0.447. The number of nitrogens with zero attached hydrogens (tertiary/aromatic N) is 3. The van der Waals surface area contributed by atoms with Crippen molar-refractivity contribution in [3.8, 4) is 22.9 Å². The normalized spacial score (nSPS) is 10.5. The predicted molar refractivity (Wildman–Crippen MR) is 98.0 cm³/mol. The number of benzene rings is 1. The minimum Gasteiger partial charge on any atom is -0.497 e. The van der Waals surface area contributed by atoms with E-state index in [1.165, 1.54) is 18.9 Å². The maximum atomic E-state index is 12.2. The first-order valence-electron chi connectivity index (χ1n) is 7.87. The number of carbonyl (C=O) groups is 1. The van der Waals surface area contributed by atoms with Gasteiger partial charge < -0.3 is 18.7 Å². The maximum Gasteiger partial charge on any atom is 0.341 e. The summed E-state index contributed by atoms with van der Waals surface area (Å²) in [6.45, 7) is -0.146. The Labute approximate surface area is 159 Å². The minimum absolute atomic E-state index is 0.146. The molecule has 0 amide bonds. The highest BCUT2D eigenvalue weighted by molar-refractivity contribution is 7.98. The molecule has 140 valence electrons. The van der Waals surface area contributed by atoms with Crippen LogP contribution in [0.15, 0.2) is 46.1 Å². The highest BCUT2D eigenvalue weighted by atomic mass is 32.2. The third kappa shape index (κ3) is 4.20. The number of methoxy groups -OCH3 is 2. The van der Waals surface area contributed by atoms with Crippen LogP contribution >= 0.6 is 11.8 Å². The van der Waals surface area contributed by atoms with E-state index in [1.54, 1.807) is 43.6 Å². The molecule has 0 unspecified atom stereocenters. The molecule has 1 aromatic carbocycles. The van der Waals surface area contributed by atoms with Crippen molar-refractivity contribution in [3.05, 3.63) is 48.0 Å². The molecular weight excluding hydrogens is 370 g/mol. The van der Waals surface area contributed by atoms with Crippen molar-refractivity contribution >= 4 is 17.7 Å². The number of pyridine rings is 1. The molecule has 0 atom stereocenters. The van der Waals surface area contributed by atoms with E-state index in [-0.39, 0.29) is 12.5 Å². The van der Waals surface area contributed by atoms with E-state index in [0.29, 0.717) is 33.5 Å². The van der Waals surface area contributed by atoms with E-state index in [9.17, 15) is 4.79 Å². The van der Waals surface area contributed by atoms with Crippen molar-refractivity contribution in [1.29, 1.82) is 0 Å². The number of hydrogen-bond acceptors (Lipinski definition) is 9. The predicted octanol–water partition coefficient (Wildman–Crippen LogP) is 3.23. The van der Waals surface area contributed by atoms with Gasteiger partial charge in [-0.3, -0.25) is 0 Å². The maximum absolute atomic E-state index is 12.2. The van der Waals surface area contributed by atoms with Crippen molar-refractivity contribution in [2.75, 3.05) is 20.5 Å². The third-order valence-corrected chi connectivity index (χ3v) is 4.34. The van der Waals surface area contributed by atoms with E-state index in [0.717, 1.165) is 0 Å². The molecule has 0 N–H and O–H groups in total. The van der Waals surface area contributed by atoms with Crippen LogP contribution in [0.2, 0.25) is 0 Å². The Balaban J connectivity index is 1.72. The molecule has 3 aromatic rings. The van der Waals surface area contributed by atoms with E-state index in [2.05, 4.69) is 15.1 Å². The molecule has 2 heterocycles. The van der Waals surface area contributed by atoms with Gasteiger partial charge in [-0.1, -0.05) is 5.16 Å². The summed E-state index contributed by atoms with van der Waals surface area (Å²) >= 11 is 1.37. The molecule has 27 heavy (non-hydrogen) atoms. The Hall–Kier alpha value is -3.07. The van der Waals surface area contributed by atoms with Gasteiger partial charge in [0.1, 0.15) is 16.5 Å². The first kappa shape index (κ1) is 18.7. The van der Waals surface area contributed by atoms with E-state index in [4.69, 9.17) is 18.7 Å². The molecule has 2 aromatic heterocycles. The lowest BCUT2D eigenvalue weighted by Gasteiger charge is -2.07. The van der Waals surface area contributed by atoms with Crippen LogP contribution in [0.1, 0.15) is 16.2 Å². The smallest absolute Gasteiger partial charge is 0.341 e. The molecule has 0 spiro atoms. The topological polar surface area (TPSA) is 96.6 Å². The molecule has 0 radical (unpaired) electrons. The Kier molecular flexibility index (Phi) is 5.92. The number of hydrogen-bond donors (Lipinski definition) is 0. The number of rotatable bonds is 7. The summed E-state index contributed by atoms with van der Waals surface area (Å²) < 4.78 is 20.9. The van der Waals surface area contributed by atoms with Gasteiger partial charge in [0.25, 0.3) is 5.89 Å². The van der Waals surface area contributed by atoms with Crippen LogP contribution < -0.4 is 9.47 Å². The van der Waals surface area contributed by atoms with Crippen molar-refractivity contribution in [2.45, 2.75) is 11.6 Å². The van der Waals surface area contributed by atoms with Gasteiger partial charge in [-0.15, -0.1) is 11.8 Å². The SMILES string of the molecule is COc1ccc(-c2noc(COC(=O)c3cccnc3SC)n2)c(OC)c1. The highest BCUT2D eigenvalue weighted by Crippen LogP contribution is 2.31. The van der Waals surface area contributed by atoms with E-state index >= 15 is 0 Å². The number of carbonyl (C=O) groups excluding carboxylic acids is 1. The number of esters is 1. The minimum atomic E-state index is -0.505. The Morgan fingerprint density at radius 1 is 1.22 bits per heavy atom. The Morgan fingerprint density at radius 2 is 2.07 bits per heavy atom. The van der Waals surface area contributed by atoms with Crippen LogP contribution in [-0.4, -0.2) is 41.6 Å².